The van der Waals surface area contributed by atoms with Crippen molar-refractivity contribution in [3.63, 3.8) is 0 Å². The Balaban J connectivity index is 2.93. The van der Waals surface area contributed by atoms with E-state index in [4.69, 9.17) is 4.74 Å². The van der Waals surface area contributed by atoms with Crippen LogP contribution in [0.1, 0.15) is 29.8 Å². The summed E-state index contributed by atoms with van der Waals surface area (Å²) in [6.07, 6.45) is 0.148. The van der Waals surface area contributed by atoms with Crippen molar-refractivity contribution >= 4 is 5.91 Å². The Morgan fingerprint density at radius 1 is 1.40 bits per heavy atom. The molecule has 1 aromatic carbocycles. The summed E-state index contributed by atoms with van der Waals surface area (Å²) in [6.45, 7) is 5.85. The van der Waals surface area contributed by atoms with Crippen molar-refractivity contribution in [2.45, 2.75) is 26.9 Å². The maximum Gasteiger partial charge on any atom is 0.251 e. The highest BCUT2D eigenvalue weighted by Crippen LogP contribution is 2.18. The normalized spacial score (nSPS) is 10.2. The molecular weight excluding hydrogens is 190 g/mol. The lowest BCUT2D eigenvalue weighted by molar-refractivity contribution is 0.0962. The van der Waals surface area contributed by atoms with Gasteiger partial charge in [0, 0.05) is 12.6 Å². The second kappa shape index (κ2) is 4.82. The molecule has 0 spiro atoms. The molecule has 0 saturated heterocycles. The number of carbonyl (C=O) groups is 1. The summed E-state index contributed by atoms with van der Waals surface area (Å²) in [4.78, 5) is 11.4. The minimum Gasteiger partial charge on any atom is -0.491 e. The van der Waals surface area contributed by atoms with Crippen LogP contribution < -0.4 is 10.1 Å². The molecule has 1 rings (SSSR count). The van der Waals surface area contributed by atoms with Crippen molar-refractivity contribution < 1.29 is 9.53 Å². The van der Waals surface area contributed by atoms with Crippen LogP contribution in [0.15, 0.2) is 18.2 Å². The van der Waals surface area contributed by atoms with Gasteiger partial charge >= 0.3 is 0 Å². The van der Waals surface area contributed by atoms with E-state index in [9.17, 15) is 4.79 Å². The Hall–Kier alpha value is -1.51. The van der Waals surface area contributed by atoms with Crippen LogP contribution in [0.25, 0.3) is 0 Å². The molecule has 0 unspecified atom stereocenters. The van der Waals surface area contributed by atoms with Crippen molar-refractivity contribution in [2.75, 3.05) is 7.05 Å². The topological polar surface area (TPSA) is 38.3 Å². The Kier molecular flexibility index (Phi) is 3.72. The van der Waals surface area contributed by atoms with Crippen molar-refractivity contribution in [3.05, 3.63) is 29.3 Å². The van der Waals surface area contributed by atoms with Gasteiger partial charge in [-0.05, 0) is 44.5 Å². The number of benzene rings is 1. The fourth-order valence-electron chi connectivity index (χ4n) is 1.37. The third-order valence-electron chi connectivity index (χ3n) is 2.04. The van der Waals surface area contributed by atoms with Gasteiger partial charge in [-0.25, -0.2) is 0 Å². The van der Waals surface area contributed by atoms with E-state index in [1.165, 1.54) is 0 Å². The molecule has 0 aliphatic heterocycles. The molecule has 0 heterocycles. The van der Waals surface area contributed by atoms with Gasteiger partial charge in [-0.15, -0.1) is 0 Å². The molecule has 0 saturated carbocycles. The molecule has 3 nitrogen and oxygen atoms in total. The number of nitrogens with one attached hydrogen (secondary N) is 1. The van der Waals surface area contributed by atoms with Crippen LogP contribution in [-0.2, 0) is 0 Å². The highest BCUT2D eigenvalue weighted by atomic mass is 16.5. The average molecular weight is 207 g/mol. The first-order valence-corrected chi connectivity index (χ1v) is 5.04. The molecule has 0 aromatic heterocycles. The average Bonchev–Trinajstić information content (AvgIpc) is 2.16. The molecule has 82 valence electrons. The number of rotatable bonds is 3. The molecule has 1 N–H and O–H groups in total. The Bertz CT molecular complexity index is 359. The Morgan fingerprint density at radius 2 is 2.07 bits per heavy atom. The van der Waals surface area contributed by atoms with Gasteiger partial charge in [0.05, 0.1) is 6.10 Å². The smallest absolute Gasteiger partial charge is 0.251 e. The van der Waals surface area contributed by atoms with Crippen LogP contribution in [0.3, 0.4) is 0 Å². The van der Waals surface area contributed by atoms with E-state index < -0.39 is 0 Å². The summed E-state index contributed by atoms with van der Waals surface area (Å²) in [5.41, 5.74) is 1.61. The molecule has 1 aromatic rings. The second-order valence-electron chi connectivity index (χ2n) is 3.72. The van der Waals surface area contributed by atoms with E-state index in [1.54, 1.807) is 13.1 Å². The number of aryl methyl sites for hydroxylation is 1. The summed E-state index contributed by atoms with van der Waals surface area (Å²) in [6, 6.07) is 5.48. The lowest BCUT2D eigenvalue weighted by Crippen LogP contribution is -2.19. The molecule has 0 fully saturated rings. The predicted molar refractivity (Wildman–Crippen MR) is 60.3 cm³/mol. The van der Waals surface area contributed by atoms with E-state index in [2.05, 4.69) is 5.32 Å². The number of amides is 1. The first-order chi connectivity index (χ1) is 7.04. The van der Waals surface area contributed by atoms with Crippen molar-refractivity contribution in [2.24, 2.45) is 0 Å². The highest BCUT2D eigenvalue weighted by molar-refractivity contribution is 5.95. The summed E-state index contributed by atoms with van der Waals surface area (Å²) in [5.74, 6) is 0.735. The number of hydrogen-bond acceptors (Lipinski definition) is 2. The van der Waals surface area contributed by atoms with E-state index in [1.807, 2.05) is 32.9 Å². The summed E-state index contributed by atoms with van der Waals surface area (Å²) >= 11 is 0. The maximum atomic E-state index is 11.4. The van der Waals surface area contributed by atoms with Crippen LogP contribution in [0.2, 0.25) is 0 Å². The van der Waals surface area contributed by atoms with Crippen LogP contribution in [0.5, 0.6) is 5.75 Å². The standard InChI is InChI=1S/C12H17NO2/c1-8(2)15-10-5-6-11(9(3)7-10)12(14)13-4/h5-8H,1-4H3,(H,13,14). The molecule has 0 aliphatic rings. The second-order valence-corrected chi connectivity index (χ2v) is 3.72. The van der Waals surface area contributed by atoms with Gasteiger partial charge in [0.25, 0.3) is 5.91 Å². The molecule has 0 radical (unpaired) electrons. The van der Waals surface area contributed by atoms with Crippen LogP contribution in [0, 0.1) is 6.92 Å². The van der Waals surface area contributed by atoms with Crippen LogP contribution in [-0.4, -0.2) is 19.1 Å². The van der Waals surface area contributed by atoms with Crippen molar-refractivity contribution in [1.82, 2.24) is 5.32 Å². The third kappa shape index (κ3) is 2.98. The molecule has 0 bridgehead atoms. The predicted octanol–water partition coefficient (Wildman–Crippen LogP) is 2.14. The Morgan fingerprint density at radius 3 is 2.53 bits per heavy atom. The fraction of sp³-hybridized carbons (Fsp3) is 0.417. The van der Waals surface area contributed by atoms with Gasteiger partial charge in [-0.2, -0.15) is 0 Å². The zero-order chi connectivity index (χ0) is 11.4. The number of carbonyl (C=O) groups excluding carboxylic acids is 1. The van der Waals surface area contributed by atoms with Gasteiger partial charge in [-0.3, -0.25) is 4.79 Å². The highest BCUT2D eigenvalue weighted by Gasteiger charge is 2.08. The van der Waals surface area contributed by atoms with Crippen molar-refractivity contribution in [1.29, 1.82) is 0 Å². The third-order valence-corrected chi connectivity index (χ3v) is 2.04. The lowest BCUT2D eigenvalue weighted by Gasteiger charge is -2.11. The zero-order valence-corrected chi connectivity index (χ0v) is 9.63. The lowest BCUT2D eigenvalue weighted by atomic mass is 10.1. The molecule has 0 atom stereocenters. The molecule has 1 amide bonds. The Labute approximate surface area is 90.4 Å². The zero-order valence-electron chi connectivity index (χ0n) is 9.63. The number of hydrogen-bond donors (Lipinski definition) is 1. The van der Waals surface area contributed by atoms with E-state index in [-0.39, 0.29) is 12.0 Å². The molecular formula is C12H17NO2. The number of ether oxygens (including phenoxy) is 1. The molecule has 0 aliphatic carbocycles. The van der Waals surface area contributed by atoms with Gasteiger partial charge < -0.3 is 10.1 Å². The van der Waals surface area contributed by atoms with Crippen LogP contribution >= 0.6 is 0 Å². The molecule has 3 heteroatoms. The van der Waals surface area contributed by atoms with E-state index >= 15 is 0 Å². The quantitative estimate of drug-likeness (QED) is 0.824. The van der Waals surface area contributed by atoms with Crippen LogP contribution in [0.4, 0.5) is 0 Å². The van der Waals surface area contributed by atoms with Gasteiger partial charge in [0.2, 0.25) is 0 Å². The first kappa shape index (κ1) is 11.6. The minimum absolute atomic E-state index is 0.0661. The van der Waals surface area contributed by atoms with E-state index in [0.29, 0.717) is 5.56 Å². The summed E-state index contributed by atoms with van der Waals surface area (Å²) in [5, 5.41) is 2.60. The van der Waals surface area contributed by atoms with Gasteiger partial charge in [-0.1, -0.05) is 0 Å². The van der Waals surface area contributed by atoms with Gasteiger partial charge in [0.15, 0.2) is 0 Å². The first-order valence-electron chi connectivity index (χ1n) is 5.04. The SMILES string of the molecule is CNC(=O)c1ccc(OC(C)C)cc1C. The minimum atomic E-state index is -0.0661. The fourth-order valence-corrected chi connectivity index (χ4v) is 1.37. The van der Waals surface area contributed by atoms with Gasteiger partial charge in [0.1, 0.15) is 5.75 Å². The molecule has 15 heavy (non-hydrogen) atoms. The monoisotopic (exact) mass is 207 g/mol. The summed E-state index contributed by atoms with van der Waals surface area (Å²) < 4.78 is 5.53. The van der Waals surface area contributed by atoms with Crippen molar-refractivity contribution in [3.8, 4) is 5.75 Å². The largest absolute Gasteiger partial charge is 0.491 e. The maximum absolute atomic E-state index is 11.4. The summed E-state index contributed by atoms with van der Waals surface area (Å²) in [7, 11) is 1.63. The van der Waals surface area contributed by atoms with E-state index in [0.717, 1.165) is 11.3 Å².